The van der Waals surface area contributed by atoms with Crippen LogP contribution in [0.25, 0.3) is 11.4 Å². The van der Waals surface area contributed by atoms with Crippen LogP contribution in [-0.4, -0.2) is 16.8 Å². The van der Waals surface area contributed by atoms with Gasteiger partial charge in [-0.1, -0.05) is 17.3 Å². The number of hydrogen-bond donors (Lipinski definition) is 1. The quantitative estimate of drug-likeness (QED) is 0.360. The van der Waals surface area contributed by atoms with E-state index in [1.807, 2.05) is 0 Å². The number of rotatable bonds is 5. The number of alkyl halides is 3. The lowest BCUT2D eigenvalue weighted by molar-refractivity contribution is 0.0551. The highest BCUT2D eigenvalue weighted by Gasteiger charge is 2.36. The summed E-state index contributed by atoms with van der Waals surface area (Å²) >= 11 is 4.79. The highest BCUT2D eigenvalue weighted by Crippen LogP contribution is 2.41. The third-order valence-corrected chi connectivity index (χ3v) is 5.63. The van der Waals surface area contributed by atoms with Crippen molar-refractivity contribution in [2.75, 3.05) is 11.8 Å². The molecule has 0 aliphatic heterocycles. The zero-order chi connectivity index (χ0) is 19.8. The number of benzene rings is 2. The van der Waals surface area contributed by atoms with Crippen molar-refractivity contribution in [2.45, 2.75) is 5.38 Å². The van der Waals surface area contributed by atoms with E-state index in [0.29, 0.717) is 0 Å². The molecule has 0 radical (unpaired) electrons. The first kappa shape index (κ1) is 19.4. The number of aromatic nitrogens is 2. The van der Waals surface area contributed by atoms with Crippen molar-refractivity contribution in [1.82, 2.24) is 10.1 Å². The minimum absolute atomic E-state index is 0.0259. The van der Waals surface area contributed by atoms with Gasteiger partial charge in [0.05, 0.1) is 5.30 Å². The van der Waals surface area contributed by atoms with Crippen molar-refractivity contribution in [3.05, 3.63) is 60.0 Å². The Balaban J connectivity index is 1.90. The first-order valence-electron chi connectivity index (χ1n) is 7.39. The molecule has 2 aromatic carbocycles. The molecular formula is C16H11ClF4N3O2P. The summed E-state index contributed by atoms with van der Waals surface area (Å²) in [5.41, 5.74) is 0.245. The fourth-order valence-electron chi connectivity index (χ4n) is 2.31. The second kappa shape index (κ2) is 6.98. The summed E-state index contributed by atoms with van der Waals surface area (Å²) < 4.78 is 70.9. The maximum Gasteiger partial charge on any atom is 0.400 e. The molecule has 0 saturated carbocycles. The van der Waals surface area contributed by atoms with Gasteiger partial charge in [-0.25, -0.2) is 8.78 Å². The topological polar surface area (TPSA) is 68.0 Å². The molecule has 0 bridgehead atoms. The lowest BCUT2D eigenvalue weighted by Crippen LogP contribution is -2.15. The molecule has 0 saturated heterocycles. The van der Waals surface area contributed by atoms with Crippen LogP contribution in [0.1, 0.15) is 5.89 Å². The van der Waals surface area contributed by atoms with E-state index >= 15 is 0 Å². The van der Waals surface area contributed by atoms with Crippen LogP contribution in [0.3, 0.4) is 0 Å². The lowest BCUT2D eigenvalue weighted by Gasteiger charge is -2.17. The van der Waals surface area contributed by atoms with Gasteiger partial charge in [-0.3, -0.25) is 4.57 Å². The first-order chi connectivity index (χ1) is 12.6. The van der Waals surface area contributed by atoms with Gasteiger partial charge < -0.3 is 9.61 Å². The van der Waals surface area contributed by atoms with Gasteiger partial charge >= 0.3 is 11.3 Å². The summed E-state index contributed by atoms with van der Waals surface area (Å²) in [6, 6.07) is 8.66. The minimum Gasteiger partial charge on any atom is -0.333 e. The maximum atomic E-state index is 14.5. The van der Waals surface area contributed by atoms with E-state index in [4.69, 9.17) is 11.6 Å². The van der Waals surface area contributed by atoms with Crippen LogP contribution in [0.4, 0.5) is 23.2 Å². The third kappa shape index (κ3) is 4.31. The SMILES string of the molecule is CP(=O)(Nc1cccc(F)c1)c1ccc(-c2noc(C(F)(F)Cl)n2)cc1F. The monoisotopic (exact) mass is 419 g/mol. The van der Waals surface area contributed by atoms with Crippen molar-refractivity contribution in [3.63, 3.8) is 0 Å². The normalized spacial score (nSPS) is 14.0. The molecule has 3 rings (SSSR count). The summed E-state index contributed by atoms with van der Waals surface area (Å²) in [6.45, 7) is 1.27. The third-order valence-electron chi connectivity index (χ3n) is 3.50. The number of nitrogens with zero attached hydrogens (tertiary/aromatic N) is 2. The molecule has 142 valence electrons. The van der Waals surface area contributed by atoms with Crippen molar-refractivity contribution < 1.29 is 26.6 Å². The van der Waals surface area contributed by atoms with Crippen LogP contribution in [0, 0.1) is 11.6 Å². The van der Waals surface area contributed by atoms with Gasteiger partial charge in [-0.05, 0) is 41.9 Å². The zero-order valence-electron chi connectivity index (χ0n) is 13.6. The summed E-state index contributed by atoms with van der Waals surface area (Å²) in [4.78, 5) is 3.41. The van der Waals surface area contributed by atoms with Crippen LogP contribution < -0.4 is 10.4 Å². The standard InChI is InChI=1S/C16H11ClF4N3O2P/c1-27(25,24-11-4-2-3-10(18)8-11)13-6-5-9(7-12(13)19)14-22-15(26-23-14)16(17,20)21/h2-8H,1H3,(H,24,25). The van der Waals surface area contributed by atoms with Crippen molar-refractivity contribution in [3.8, 4) is 11.4 Å². The molecule has 0 fully saturated rings. The lowest BCUT2D eigenvalue weighted by atomic mass is 10.2. The van der Waals surface area contributed by atoms with E-state index in [1.165, 1.54) is 37.0 Å². The number of hydrogen-bond acceptors (Lipinski definition) is 4. The average molecular weight is 420 g/mol. The fraction of sp³-hybridized carbons (Fsp3) is 0.125. The van der Waals surface area contributed by atoms with Crippen LogP contribution >= 0.6 is 18.9 Å². The van der Waals surface area contributed by atoms with E-state index in [-0.39, 0.29) is 22.4 Å². The molecule has 5 nitrogen and oxygen atoms in total. The Morgan fingerprint density at radius 3 is 2.52 bits per heavy atom. The number of halogens is 5. The fourth-order valence-corrected chi connectivity index (χ4v) is 3.97. The van der Waals surface area contributed by atoms with Gasteiger partial charge in [0.1, 0.15) is 11.6 Å². The second-order valence-corrected chi connectivity index (χ2v) is 8.66. The predicted octanol–water partition coefficient (Wildman–Crippen LogP) is 4.95. The van der Waals surface area contributed by atoms with Crippen molar-refractivity contribution in [2.24, 2.45) is 0 Å². The smallest absolute Gasteiger partial charge is 0.333 e. The van der Waals surface area contributed by atoms with Crippen LogP contribution in [0.15, 0.2) is 47.0 Å². The Morgan fingerprint density at radius 1 is 1.19 bits per heavy atom. The molecule has 1 heterocycles. The molecule has 0 spiro atoms. The van der Waals surface area contributed by atoms with Gasteiger partial charge in [0.25, 0.3) is 0 Å². The van der Waals surface area contributed by atoms with E-state index in [0.717, 1.165) is 12.1 Å². The Kier molecular flexibility index (Phi) is 5.01. The number of nitrogens with one attached hydrogen (secondary N) is 1. The molecule has 1 N–H and O–H groups in total. The van der Waals surface area contributed by atoms with Crippen LogP contribution in [0.5, 0.6) is 0 Å². The van der Waals surface area contributed by atoms with Crippen LogP contribution in [-0.2, 0) is 9.95 Å². The maximum absolute atomic E-state index is 14.5. The average Bonchev–Trinajstić information content (AvgIpc) is 3.04. The molecule has 0 amide bonds. The van der Waals surface area contributed by atoms with Crippen molar-refractivity contribution >= 4 is 29.9 Å². The Bertz CT molecular complexity index is 1040. The molecule has 3 aromatic rings. The molecule has 27 heavy (non-hydrogen) atoms. The highest BCUT2D eigenvalue weighted by molar-refractivity contribution is 7.72. The van der Waals surface area contributed by atoms with E-state index < -0.39 is 30.2 Å². The Morgan fingerprint density at radius 2 is 1.93 bits per heavy atom. The molecule has 0 aliphatic carbocycles. The predicted molar refractivity (Wildman–Crippen MR) is 92.6 cm³/mol. The Hall–Kier alpha value is -2.38. The minimum atomic E-state index is -3.85. The van der Waals surface area contributed by atoms with E-state index in [9.17, 15) is 22.1 Å². The summed E-state index contributed by atoms with van der Waals surface area (Å²) in [7, 11) is -3.45. The van der Waals surface area contributed by atoms with Gasteiger partial charge in [0.2, 0.25) is 5.82 Å². The summed E-state index contributed by atoms with van der Waals surface area (Å²) in [5.74, 6) is -2.86. The van der Waals surface area contributed by atoms with E-state index in [1.54, 1.807) is 0 Å². The molecule has 1 unspecified atom stereocenters. The zero-order valence-corrected chi connectivity index (χ0v) is 15.2. The first-order valence-corrected chi connectivity index (χ1v) is 9.92. The molecular weight excluding hydrogens is 409 g/mol. The van der Waals surface area contributed by atoms with Gasteiger partial charge in [-0.2, -0.15) is 13.8 Å². The largest absolute Gasteiger partial charge is 0.400 e. The molecule has 1 aromatic heterocycles. The summed E-state index contributed by atoms with van der Waals surface area (Å²) in [5, 5.41) is 1.91. The van der Waals surface area contributed by atoms with Crippen molar-refractivity contribution in [1.29, 1.82) is 0 Å². The van der Waals surface area contributed by atoms with E-state index in [2.05, 4.69) is 19.8 Å². The second-order valence-electron chi connectivity index (χ2n) is 5.63. The molecule has 11 heteroatoms. The molecule has 0 aliphatic rings. The number of anilines is 1. The Labute approximate surface area is 155 Å². The van der Waals surface area contributed by atoms with Crippen LogP contribution in [0.2, 0.25) is 0 Å². The van der Waals surface area contributed by atoms with Gasteiger partial charge in [0.15, 0.2) is 7.29 Å². The molecule has 1 atom stereocenters. The van der Waals surface area contributed by atoms with Gasteiger partial charge in [0, 0.05) is 17.9 Å². The highest BCUT2D eigenvalue weighted by atomic mass is 35.5. The summed E-state index contributed by atoms with van der Waals surface area (Å²) in [6.07, 6.45) is 0. The van der Waals surface area contributed by atoms with Gasteiger partial charge in [-0.15, -0.1) is 0 Å².